The molecule has 0 spiro atoms. The molecule has 0 aromatic heterocycles. The summed E-state index contributed by atoms with van der Waals surface area (Å²) in [6.07, 6.45) is 6.86. The second-order valence-electron chi connectivity index (χ2n) is 8.77. The van der Waals surface area contributed by atoms with Crippen LogP contribution in [0.5, 0.6) is 0 Å². The largest absolute Gasteiger partial charge is 0.330 e. The van der Waals surface area contributed by atoms with E-state index >= 15 is 0 Å². The smallest absolute Gasteiger partial charge is 0.254 e. The second kappa shape index (κ2) is 9.60. The minimum Gasteiger partial charge on any atom is -0.330 e. The number of nitrogens with zero attached hydrogens (tertiary/aromatic N) is 1. The maximum absolute atomic E-state index is 13.7. The van der Waals surface area contributed by atoms with Gasteiger partial charge in [0.25, 0.3) is 5.91 Å². The summed E-state index contributed by atoms with van der Waals surface area (Å²) < 4.78 is 13.7. The molecule has 4 rings (SSSR count). The van der Waals surface area contributed by atoms with Crippen LogP contribution in [0.2, 0.25) is 0 Å². The van der Waals surface area contributed by atoms with Crippen molar-refractivity contribution in [2.24, 2.45) is 11.7 Å². The lowest BCUT2D eigenvalue weighted by Gasteiger charge is -2.38. The monoisotopic (exact) mass is 423 g/mol. The Kier molecular flexibility index (Phi) is 6.66. The van der Waals surface area contributed by atoms with Crippen LogP contribution in [0.1, 0.15) is 60.9 Å². The van der Waals surface area contributed by atoms with Crippen molar-refractivity contribution in [3.05, 3.63) is 65.5 Å². The van der Waals surface area contributed by atoms with Gasteiger partial charge in [0.05, 0.1) is 0 Å². The van der Waals surface area contributed by atoms with Crippen LogP contribution in [-0.4, -0.2) is 28.8 Å². The van der Waals surface area contributed by atoms with E-state index in [9.17, 15) is 14.0 Å². The van der Waals surface area contributed by atoms with Gasteiger partial charge in [0.1, 0.15) is 5.82 Å². The number of anilines is 1. The lowest BCUT2D eigenvalue weighted by Crippen LogP contribution is -2.51. The zero-order valence-corrected chi connectivity index (χ0v) is 17.7. The highest BCUT2D eigenvalue weighted by Gasteiger charge is 2.31. The number of halogens is 1. The Labute approximate surface area is 182 Å². The Bertz CT molecular complexity index is 927. The number of carbonyl (C=O) groups excluding carboxylic acids is 2. The van der Waals surface area contributed by atoms with Gasteiger partial charge in [-0.05, 0) is 61.6 Å². The molecule has 31 heavy (non-hydrogen) atoms. The first-order chi connectivity index (χ1) is 15.0. The summed E-state index contributed by atoms with van der Waals surface area (Å²) in [4.78, 5) is 27.3. The molecule has 164 valence electrons. The maximum Gasteiger partial charge on any atom is 0.254 e. The quantitative estimate of drug-likeness (QED) is 0.719. The van der Waals surface area contributed by atoms with Crippen LogP contribution in [0.4, 0.5) is 10.1 Å². The predicted octanol–water partition coefficient (Wildman–Crippen LogP) is 4.48. The first-order valence-corrected chi connectivity index (χ1v) is 11.2. The zero-order chi connectivity index (χ0) is 21.8. The fourth-order valence-corrected chi connectivity index (χ4v) is 4.46. The Balaban J connectivity index is 1.51. The first-order valence-electron chi connectivity index (χ1n) is 11.2. The third kappa shape index (κ3) is 5.13. The van der Waals surface area contributed by atoms with E-state index in [2.05, 4.69) is 5.32 Å². The third-order valence-corrected chi connectivity index (χ3v) is 6.56. The van der Waals surface area contributed by atoms with E-state index in [0.717, 1.165) is 56.2 Å². The average Bonchev–Trinajstić information content (AvgIpc) is 2.72. The molecular weight excluding hydrogens is 393 g/mol. The van der Waals surface area contributed by atoms with E-state index in [1.807, 2.05) is 24.3 Å². The first kappa shape index (κ1) is 21.5. The van der Waals surface area contributed by atoms with Gasteiger partial charge >= 0.3 is 0 Å². The standard InChI is InChI=1S/C25H30FN3O2/c26-20-8-4-7-19(15-20)25(31)29(23-10-2-1-9-22(23)27)16-17-11-13-21(14-12-17)28-24(30)18-5-3-6-18/h4,7-8,11-15,18,22-23H,1-3,5-6,9-10,16,27H2,(H,28,30). The molecule has 2 aliphatic rings. The zero-order valence-electron chi connectivity index (χ0n) is 17.7. The summed E-state index contributed by atoms with van der Waals surface area (Å²) in [5, 5.41) is 2.97. The Hall–Kier alpha value is -2.73. The highest BCUT2D eigenvalue weighted by Crippen LogP contribution is 2.28. The lowest BCUT2D eigenvalue weighted by atomic mass is 9.85. The summed E-state index contributed by atoms with van der Waals surface area (Å²) in [5.74, 6) is -0.420. The number of nitrogens with two attached hydrogens (primary N) is 1. The van der Waals surface area contributed by atoms with Crippen molar-refractivity contribution in [2.45, 2.75) is 63.6 Å². The molecule has 2 atom stereocenters. The van der Waals surface area contributed by atoms with E-state index in [1.54, 1.807) is 17.0 Å². The highest BCUT2D eigenvalue weighted by atomic mass is 19.1. The highest BCUT2D eigenvalue weighted by molar-refractivity contribution is 5.94. The number of benzene rings is 2. The van der Waals surface area contributed by atoms with Crippen molar-refractivity contribution in [2.75, 3.05) is 5.32 Å². The molecule has 0 heterocycles. The number of amides is 2. The maximum atomic E-state index is 13.7. The Morgan fingerprint density at radius 2 is 1.74 bits per heavy atom. The molecule has 2 amide bonds. The van der Waals surface area contributed by atoms with Gasteiger partial charge in [0.15, 0.2) is 0 Å². The fraction of sp³-hybridized carbons (Fsp3) is 0.440. The van der Waals surface area contributed by atoms with Crippen LogP contribution in [0.3, 0.4) is 0 Å². The molecular formula is C25H30FN3O2. The predicted molar refractivity (Wildman–Crippen MR) is 119 cm³/mol. The second-order valence-corrected chi connectivity index (χ2v) is 8.77. The third-order valence-electron chi connectivity index (χ3n) is 6.56. The van der Waals surface area contributed by atoms with Crippen molar-refractivity contribution in [1.29, 1.82) is 0 Å². The minimum absolute atomic E-state index is 0.0788. The topological polar surface area (TPSA) is 75.4 Å². The molecule has 2 saturated carbocycles. The van der Waals surface area contributed by atoms with Gasteiger partial charge in [-0.1, -0.05) is 37.5 Å². The van der Waals surface area contributed by atoms with Crippen molar-refractivity contribution in [3.8, 4) is 0 Å². The summed E-state index contributed by atoms with van der Waals surface area (Å²) in [6, 6.07) is 13.2. The molecule has 6 heteroatoms. The van der Waals surface area contributed by atoms with Crippen molar-refractivity contribution in [3.63, 3.8) is 0 Å². The van der Waals surface area contributed by atoms with Gasteiger partial charge in [-0.2, -0.15) is 0 Å². The Morgan fingerprint density at radius 3 is 2.39 bits per heavy atom. The SMILES string of the molecule is NC1CCCCC1N(Cc1ccc(NC(=O)C2CCC2)cc1)C(=O)c1cccc(F)c1. The van der Waals surface area contributed by atoms with Gasteiger partial charge in [0, 0.05) is 35.8 Å². The van der Waals surface area contributed by atoms with Gasteiger partial charge in [-0.3, -0.25) is 9.59 Å². The number of nitrogens with one attached hydrogen (secondary N) is 1. The molecule has 2 fully saturated rings. The van der Waals surface area contributed by atoms with Gasteiger partial charge in [-0.25, -0.2) is 4.39 Å². The fourth-order valence-electron chi connectivity index (χ4n) is 4.46. The van der Waals surface area contributed by atoms with Crippen molar-refractivity contribution in [1.82, 2.24) is 4.90 Å². The van der Waals surface area contributed by atoms with E-state index in [-0.39, 0.29) is 29.8 Å². The molecule has 0 saturated heterocycles. The van der Waals surface area contributed by atoms with Crippen molar-refractivity contribution < 1.29 is 14.0 Å². The average molecular weight is 424 g/mol. The van der Waals surface area contributed by atoms with Gasteiger partial charge in [0.2, 0.25) is 5.91 Å². The van der Waals surface area contributed by atoms with Crippen LogP contribution in [0, 0.1) is 11.7 Å². The summed E-state index contributed by atoms with van der Waals surface area (Å²) in [6.45, 7) is 0.393. The molecule has 0 bridgehead atoms. The van der Waals surface area contributed by atoms with Crippen molar-refractivity contribution >= 4 is 17.5 Å². The molecule has 2 aromatic rings. The normalized spacial score (nSPS) is 21.2. The molecule has 3 N–H and O–H groups in total. The van der Waals surface area contributed by atoms with Crippen LogP contribution in [0.15, 0.2) is 48.5 Å². The van der Waals surface area contributed by atoms with Crippen LogP contribution >= 0.6 is 0 Å². The number of hydrogen-bond donors (Lipinski definition) is 2. The lowest BCUT2D eigenvalue weighted by molar-refractivity contribution is -0.122. The summed E-state index contributed by atoms with van der Waals surface area (Å²) >= 11 is 0. The van der Waals surface area contributed by atoms with E-state index in [4.69, 9.17) is 5.73 Å². The molecule has 2 aliphatic carbocycles. The number of hydrogen-bond acceptors (Lipinski definition) is 3. The number of carbonyl (C=O) groups is 2. The summed E-state index contributed by atoms with van der Waals surface area (Å²) in [7, 11) is 0. The van der Waals surface area contributed by atoms with Gasteiger partial charge in [-0.15, -0.1) is 0 Å². The minimum atomic E-state index is -0.426. The molecule has 2 unspecified atom stereocenters. The van der Waals surface area contributed by atoms with Crippen LogP contribution in [0.25, 0.3) is 0 Å². The van der Waals surface area contributed by atoms with E-state index in [0.29, 0.717) is 12.1 Å². The Morgan fingerprint density at radius 1 is 1.00 bits per heavy atom. The molecule has 5 nitrogen and oxygen atoms in total. The van der Waals surface area contributed by atoms with E-state index < -0.39 is 5.82 Å². The van der Waals surface area contributed by atoms with Crippen LogP contribution < -0.4 is 11.1 Å². The van der Waals surface area contributed by atoms with E-state index in [1.165, 1.54) is 12.1 Å². The molecule has 0 radical (unpaired) electrons. The number of rotatable bonds is 6. The van der Waals surface area contributed by atoms with Crippen LogP contribution in [-0.2, 0) is 11.3 Å². The summed E-state index contributed by atoms with van der Waals surface area (Å²) in [5.41, 5.74) is 8.44. The van der Waals surface area contributed by atoms with Gasteiger partial charge < -0.3 is 16.0 Å². The molecule has 2 aromatic carbocycles. The molecule has 0 aliphatic heterocycles.